The van der Waals surface area contributed by atoms with E-state index in [-0.39, 0.29) is 12.5 Å². The van der Waals surface area contributed by atoms with E-state index >= 15 is 0 Å². The van der Waals surface area contributed by atoms with Gasteiger partial charge in [0.05, 0.1) is 17.6 Å². The average Bonchev–Trinajstić information content (AvgIpc) is 3.41. The topological polar surface area (TPSA) is 80.9 Å². The van der Waals surface area contributed by atoms with E-state index in [9.17, 15) is 4.79 Å². The molecule has 1 N–H and O–H groups in total. The highest BCUT2D eigenvalue weighted by Crippen LogP contribution is 2.28. The number of amides is 1. The molecule has 130 valence electrons. The first-order valence-corrected chi connectivity index (χ1v) is 9.63. The van der Waals surface area contributed by atoms with Crippen LogP contribution in [0.1, 0.15) is 15.6 Å². The largest absolute Gasteiger partial charge is 0.342 e. The minimum absolute atomic E-state index is 0.145. The Balaban J connectivity index is 1.40. The van der Waals surface area contributed by atoms with Gasteiger partial charge in [-0.3, -0.25) is 4.79 Å². The molecule has 1 aromatic carbocycles. The van der Waals surface area contributed by atoms with Crippen LogP contribution in [0, 0.1) is 0 Å². The number of hydrogen-bond donors (Lipinski definition) is 1. The normalized spacial score (nSPS) is 10.8. The summed E-state index contributed by atoms with van der Waals surface area (Å²) >= 11 is 8.80. The monoisotopic (exact) mass is 402 g/mol. The highest BCUT2D eigenvalue weighted by atomic mass is 35.5. The van der Waals surface area contributed by atoms with Crippen LogP contribution in [0.4, 0.5) is 0 Å². The Morgan fingerprint density at radius 2 is 2.08 bits per heavy atom. The fraction of sp³-hybridized carbons (Fsp3) is 0.0588. The number of thiazole rings is 1. The Labute approximate surface area is 161 Å². The lowest BCUT2D eigenvalue weighted by Gasteiger charge is -1.98. The van der Waals surface area contributed by atoms with Crippen molar-refractivity contribution in [2.45, 2.75) is 6.54 Å². The number of hydrogen-bond acceptors (Lipinski definition) is 7. The Morgan fingerprint density at radius 3 is 2.85 bits per heavy atom. The van der Waals surface area contributed by atoms with Crippen molar-refractivity contribution in [3.63, 3.8) is 0 Å². The molecule has 0 aliphatic carbocycles. The van der Waals surface area contributed by atoms with E-state index in [4.69, 9.17) is 16.1 Å². The van der Waals surface area contributed by atoms with Gasteiger partial charge < -0.3 is 9.84 Å². The first kappa shape index (κ1) is 16.9. The van der Waals surface area contributed by atoms with Crippen LogP contribution in [0.15, 0.2) is 52.5 Å². The van der Waals surface area contributed by atoms with Crippen LogP contribution in [-0.4, -0.2) is 21.0 Å². The number of benzene rings is 1. The zero-order valence-corrected chi connectivity index (χ0v) is 15.6. The van der Waals surface area contributed by atoms with E-state index in [1.165, 1.54) is 11.3 Å². The van der Waals surface area contributed by atoms with Gasteiger partial charge >= 0.3 is 0 Å². The summed E-state index contributed by atoms with van der Waals surface area (Å²) in [5.74, 6) is 0.548. The van der Waals surface area contributed by atoms with Gasteiger partial charge in [-0.1, -0.05) is 22.8 Å². The van der Waals surface area contributed by atoms with Gasteiger partial charge in [-0.05, 0) is 35.7 Å². The number of halogens is 1. The van der Waals surface area contributed by atoms with Crippen LogP contribution < -0.4 is 5.32 Å². The molecule has 0 atom stereocenters. The molecule has 0 unspecified atom stereocenters. The second kappa shape index (κ2) is 7.36. The van der Waals surface area contributed by atoms with E-state index in [0.717, 1.165) is 15.4 Å². The van der Waals surface area contributed by atoms with E-state index < -0.39 is 0 Å². The zero-order valence-electron chi connectivity index (χ0n) is 13.2. The van der Waals surface area contributed by atoms with Crippen molar-refractivity contribution in [3.05, 3.63) is 63.8 Å². The van der Waals surface area contributed by atoms with Gasteiger partial charge in [0.25, 0.3) is 5.91 Å². The highest BCUT2D eigenvalue weighted by molar-refractivity contribution is 7.21. The third-order valence-corrected chi connectivity index (χ3v) is 5.72. The van der Waals surface area contributed by atoms with Crippen molar-refractivity contribution in [1.82, 2.24) is 20.4 Å². The molecule has 26 heavy (non-hydrogen) atoms. The van der Waals surface area contributed by atoms with Crippen molar-refractivity contribution in [1.29, 1.82) is 0 Å². The maximum atomic E-state index is 12.3. The second-order valence-corrected chi connectivity index (χ2v) is 7.62. The van der Waals surface area contributed by atoms with Crippen molar-refractivity contribution in [2.75, 3.05) is 0 Å². The van der Waals surface area contributed by atoms with E-state index in [1.54, 1.807) is 41.8 Å². The van der Waals surface area contributed by atoms with Crippen molar-refractivity contribution in [2.24, 2.45) is 0 Å². The lowest BCUT2D eigenvalue weighted by molar-refractivity contribution is 0.0950. The molecule has 3 aromatic heterocycles. The first-order valence-electron chi connectivity index (χ1n) is 7.55. The molecule has 4 aromatic rings. The fourth-order valence-electron chi connectivity index (χ4n) is 2.18. The Hall–Kier alpha value is -2.55. The van der Waals surface area contributed by atoms with Crippen LogP contribution in [0.5, 0.6) is 0 Å². The molecule has 0 saturated heterocycles. The van der Waals surface area contributed by atoms with E-state index in [0.29, 0.717) is 21.6 Å². The molecule has 0 radical (unpaired) electrons. The summed E-state index contributed by atoms with van der Waals surface area (Å²) in [6.45, 7) is 0.145. The SMILES string of the molecule is O=C(NCc1nc(-c2ccc(Cl)cc2)no1)c1cnc(-c2cccs2)s1. The molecular weight excluding hydrogens is 392 g/mol. The number of carbonyl (C=O) groups excluding carboxylic acids is 1. The molecule has 0 saturated carbocycles. The Morgan fingerprint density at radius 1 is 1.23 bits per heavy atom. The number of aromatic nitrogens is 3. The summed E-state index contributed by atoms with van der Waals surface area (Å²) in [6.07, 6.45) is 1.57. The molecule has 1 amide bonds. The smallest absolute Gasteiger partial charge is 0.263 e. The van der Waals surface area contributed by atoms with Crippen LogP contribution >= 0.6 is 34.3 Å². The number of carbonyl (C=O) groups is 1. The summed E-state index contributed by atoms with van der Waals surface area (Å²) in [6, 6.07) is 11.0. The zero-order chi connectivity index (χ0) is 17.9. The van der Waals surface area contributed by atoms with E-state index in [2.05, 4.69) is 20.4 Å². The molecule has 0 fully saturated rings. The number of thiophene rings is 1. The molecule has 3 heterocycles. The minimum atomic E-state index is -0.225. The fourth-order valence-corrected chi connectivity index (χ4v) is 3.94. The van der Waals surface area contributed by atoms with Gasteiger partial charge in [0.1, 0.15) is 9.88 Å². The summed E-state index contributed by atoms with van der Waals surface area (Å²) in [5, 5.41) is 10.1. The minimum Gasteiger partial charge on any atom is -0.342 e. The third-order valence-electron chi connectivity index (χ3n) is 3.43. The lowest BCUT2D eigenvalue weighted by Crippen LogP contribution is -2.21. The quantitative estimate of drug-likeness (QED) is 0.531. The van der Waals surface area contributed by atoms with Crippen LogP contribution in [0.2, 0.25) is 5.02 Å². The molecule has 0 aliphatic rings. The Kier molecular flexibility index (Phi) is 4.79. The number of nitrogens with zero attached hydrogens (tertiary/aromatic N) is 3. The third kappa shape index (κ3) is 3.67. The number of rotatable bonds is 5. The maximum Gasteiger partial charge on any atom is 0.263 e. The van der Waals surface area contributed by atoms with Gasteiger partial charge in [0.2, 0.25) is 11.7 Å². The molecule has 9 heteroatoms. The van der Waals surface area contributed by atoms with Gasteiger partial charge in [-0.25, -0.2) is 4.98 Å². The van der Waals surface area contributed by atoms with Crippen LogP contribution in [-0.2, 0) is 6.54 Å². The molecule has 0 bridgehead atoms. The van der Waals surface area contributed by atoms with Crippen molar-refractivity contribution < 1.29 is 9.32 Å². The predicted octanol–water partition coefficient (Wildman–Crippen LogP) is 4.51. The standard InChI is InChI=1S/C17H11ClN4O2S2/c18-11-5-3-10(4-6-11)15-21-14(24-22-15)9-19-16(23)13-8-20-17(26-13)12-2-1-7-25-12/h1-8H,9H2,(H,19,23). The predicted molar refractivity (Wildman–Crippen MR) is 101 cm³/mol. The molecular formula is C17H11ClN4O2S2. The van der Waals surface area contributed by atoms with E-state index in [1.807, 2.05) is 17.5 Å². The highest BCUT2D eigenvalue weighted by Gasteiger charge is 2.14. The first-order chi connectivity index (χ1) is 12.7. The van der Waals surface area contributed by atoms with Gasteiger partial charge in [0.15, 0.2) is 0 Å². The summed E-state index contributed by atoms with van der Waals surface area (Å²) in [5.41, 5.74) is 0.791. The van der Waals surface area contributed by atoms with Crippen LogP contribution in [0.25, 0.3) is 21.3 Å². The van der Waals surface area contributed by atoms with Crippen LogP contribution in [0.3, 0.4) is 0 Å². The molecule has 4 rings (SSSR count). The van der Waals surface area contributed by atoms with Crippen molar-refractivity contribution in [3.8, 4) is 21.3 Å². The average molecular weight is 403 g/mol. The van der Waals surface area contributed by atoms with Crippen molar-refractivity contribution >= 4 is 40.2 Å². The van der Waals surface area contributed by atoms with Gasteiger partial charge in [0, 0.05) is 10.6 Å². The van der Waals surface area contributed by atoms with Gasteiger partial charge in [-0.2, -0.15) is 4.98 Å². The summed E-state index contributed by atoms with van der Waals surface area (Å²) in [7, 11) is 0. The van der Waals surface area contributed by atoms with Gasteiger partial charge in [-0.15, -0.1) is 22.7 Å². The Bertz CT molecular complexity index is 1030. The summed E-state index contributed by atoms with van der Waals surface area (Å²) in [4.78, 5) is 22.4. The molecule has 6 nitrogen and oxygen atoms in total. The molecule has 0 spiro atoms. The molecule has 0 aliphatic heterocycles. The lowest BCUT2D eigenvalue weighted by atomic mass is 10.2. The summed E-state index contributed by atoms with van der Waals surface area (Å²) < 4.78 is 5.18. The maximum absolute atomic E-state index is 12.3. The second-order valence-electron chi connectivity index (χ2n) is 5.21. The number of nitrogens with one attached hydrogen (secondary N) is 1.